The van der Waals surface area contributed by atoms with Crippen LogP contribution in [0.1, 0.15) is 11.1 Å². The van der Waals surface area contributed by atoms with Gasteiger partial charge in [0.2, 0.25) is 0 Å². The van der Waals surface area contributed by atoms with E-state index in [0.717, 1.165) is 11.1 Å². The minimum absolute atomic E-state index is 0.221. The number of nitrogens with zero attached hydrogens (tertiary/aromatic N) is 1. The lowest BCUT2D eigenvalue weighted by molar-refractivity contribution is 0.590. The van der Waals surface area contributed by atoms with Gasteiger partial charge >= 0.3 is 0 Å². The molecule has 0 heterocycles. The molecule has 0 aromatic heterocycles. The highest BCUT2D eigenvalue weighted by Crippen LogP contribution is 2.26. The Hall–Kier alpha value is -2.79. The Morgan fingerprint density at radius 1 is 0.840 bits per heavy atom. The van der Waals surface area contributed by atoms with Gasteiger partial charge in [0.25, 0.3) is 10.0 Å². The fourth-order valence-electron chi connectivity index (χ4n) is 2.54. The predicted molar refractivity (Wildman–Crippen MR) is 102 cm³/mol. The van der Waals surface area contributed by atoms with E-state index >= 15 is 0 Å². The maximum absolute atomic E-state index is 13.2. The van der Waals surface area contributed by atoms with E-state index < -0.39 is 10.0 Å². The zero-order valence-corrected chi connectivity index (χ0v) is 14.8. The second kappa shape index (κ2) is 6.99. The third-order valence-electron chi connectivity index (χ3n) is 3.96. The third-order valence-corrected chi connectivity index (χ3v) is 5.75. The highest BCUT2D eigenvalue weighted by molar-refractivity contribution is 7.92. The van der Waals surface area contributed by atoms with Gasteiger partial charge < -0.3 is 5.73 Å². The van der Waals surface area contributed by atoms with Crippen LogP contribution in [0.4, 0.5) is 11.4 Å². The van der Waals surface area contributed by atoms with E-state index in [-0.39, 0.29) is 11.4 Å². The minimum Gasteiger partial charge on any atom is -0.399 e. The first-order chi connectivity index (χ1) is 12.0. The molecule has 0 atom stereocenters. The Balaban J connectivity index is 2.06. The number of nitrogens with two attached hydrogens (primary N) is 1. The zero-order valence-electron chi connectivity index (χ0n) is 14.0. The SMILES string of the molecule is Cc1ccc(N(Cc2ccccc2)S(=O)(=O)c2ccc(N)cc2)cc1. The lowest BCUT2D eigenvalue weighted by Gasteiger charge is -2.25. The first kappa shape index (κ1) is 17.0. The Morgan fingerprint density at radius 3 is 2.04 bits per heavy atom. The van der Waals surface area contributed by atoms with E-state index in [2.05, 4.69) is 0 Å². The molecule has 0 spiro atoms. The van der Waals surface area contributed by atoms with Crippen molar-refractivity contribution in [3.63, 3.8) is 0 Å². The van der Waals surface area contributed by atoms with Crippen molar-refractivity contribution < 1.29 is 8.42 Å². The van der Waals surface area contributed by atoms with E-state index in [1.165, 1.54) is 16.4 Å². The molecule has 3 aromatic carbocycles. The number of sulfonamides is 1. The van der Waals surface area contributed by atoms with Gasteiger partial charge in [-0.05, 0) is 48.9 Å². The fourth-order valence-corrected chi connectivity index (χ4v) is 4.00. The van der Waals surface area contributed by atoms with Gasteiger partial charge in [0.1, 0.15) is 0 Å². The predicted octanol–water partition coefficient (Wildman–Crippen LogP) is 3.97. The number of hydrogen-bond donors (Lipinski definition) is 1. The smallest absolute Gasteiger partial charge is 0.264 e. The van der Waals surface area contributed by atoms with Crippen LogP contribution >= 0.6 is 0 Å². The molecule has 3 aromatic rings. The molecule has 0 saturated carbocycles. The van der Waals surface area contributed by atoms with E-state index in [1.54, 1.807) is 12.1 Å². The summed E-state index contributed by atoms with van der Waals surface area (Å²) in [6, 6.07) is 23.3. The summed E-state index contributed by atoms with van der Waals surface area (Å²) in [6.45, 7) is 2.23. The Bertz CT molecular complexity index is 935. The molecule has 128 valence electrons. The molecule has 0 saturated heterocycles. The van der Waals surface area contributed by atoms with Gasteiger partial charge in [0.15, 0.2) is 0 Å². The van der Waals surface area contributed by atoms with Gasteiger partial charge in [-0.2, -0.15) is 0 Å². The van der Waals surface area contributed by atoms with E-state index in [0.29, 0.717) is 11.4 Å². The summed E-state index contributed by atoms with van der Waals surface area (Å²) in [4.78, 5) is 0.221. The molecule has 0 radical (unpaired) electrons. The van der Waals surface area contributed by atoms with Crippen molar-refractivity contribution in [2.45, 2.75) is 18.4 Å². The van der Waals surface area contributed by atoms with Crippen molar-refractivity contribution in [1.82, 2.24) is 0 Å². The Labute approximate surface area is 148 Å². The van der Waals surface area contributed by atoms with Crippen molar-refractivity contribution in [3.05, 3.63) is 90.0 Å². The average molecular weight is 352 g/mol. The molecule has 2 N–H and O–H groups in total. The van der Waals surface area contributed by atoms with Crippen molar-refractivity contribution >= 4 is 21.4 Å². The number of hydrogen-bond acceptors (Lipinski definition) is 3. The maximum atomic E-state index is 13.2. The Morgan fingerprint density at radius 2 is 1.44 bits per heavy atom. The average Bonchev–Trinajstić information content (AvgIpc) is 2.62. The summed E-state index contributed by atoms with van der Waals surface area (Å²) in [5.41, 5.74) is 8.85. The van der Waals surface area contributed by atoms with Crippen LogP contribution in [0.25, 0.3) is 0 Å². The van der Waals surface area contributed by atoms with E-state index in [4.69, 9.17) is 5.73 Å². The molecule has 0 fully saturated rings. The summed E-state index contributed by atoms with van der Waals surface area (Å²) in [7, 11) is -3.70. The number of aryl methyl sites for hydroxylation is 1. The highest BCUT2D eigenvalue weighted by atomic mass is 32.2. The van der Waals surface area contributed by atoms with Crippen LogP contribution in [-0.2, 0) is 16.6 Å². The summed E-state index contributed by atoms with van der Waals surface area (Å²) < 4.78 is 27.9. The highest BCUT2D eigenvalue weighted by Gasteiger charge is 2.25. The first-order valence-electron chi connectivity index (χ1n) is 7.96. The van der Waals surface area contributed by atoms with Crippen molar-refractivity contribution in [3.8, 4) is 0 Å². The molecule has 5 heteroatoms. The second-order valence-corrected chi connectivity index (χ2v) is 7.76. The van der Waals surface area contributed by atoms with Gasteiger partial charge in [0.05, 0.1) is 17.1 Å². The molecule has 0 amide bonds. The van der Waals surface area contributed by atoms with Gasteiger partial charge in [-0.25, -0.2) is 8.42 Å². The topological polar surface area (TPSA) is 63.4 Å². The standard InChI is InChI=1S/C20H20N2O2S/c1-16-7-11-19(12-8-16)22(15-17-5-3-2-4-6-17)25(23,24)20-13-9-18(21)10-14-20/h2-14H,15,21H2,1H3. The lowest BCUT2D eigenvalue weighted by Crippen LogP contribution is -2.30. The molecule has 0 bridgehead atoms. The lowest BCUT2D eigenvalue weighted by atomic mass is 10.2. The van der Waals surface area contributed by atoms with Crippen molar-refractivity contribution in [2.75, 3.05) is 10.0 Å². The van der Waals surface area contributed by atoms with Crippen LogP contribution in [-0.4, -0.2) is 8.42 Å². The molecular weight excluding hydrogens is 332 g/mol. The number of nitrogen functional groups attached to an aromatic ring is 1. The van der Waals surface area contributed by atoms with Gasteiger partial charge in [0, 0.05) is 5.69 Å². The normalized spacial score (nSPS) is 11.2. The van der Waals surface area contributed by atoms with Gasteiger partial charge in [-0.15, -0.1) is 0 Å². The van der Waals surface area contributed by atoms with E-state index in [9.17, 15) is 8.42 Å². The van der Waals surface area contributed by atoms with Crippen molar-refractivity contribution in [2.24, 2.45) is 0 Å². The zero-order chi connectivity index (χ0) is 17.9. The van der Waals surface area contributed by atoms with Crippen LogP contribution in [0, 0.1) is 6.92 Å². The molecule has 4 nitrogen and oxygen atoms in total. The van der Waals surface area contributed by atoms with Crippen LogP contribution in [0.5, 0.6) is 0 Å². The van der Waals surface area contributed by atoms with Crippen LogP contribution < -0.4 is 10.0 Å². The molecule has 0 unspecified atom stereocenters. The monoisotopic (exact) mass is 352 g/mol. The third kappa shape index (κ3) is 3.83. The second-order valence-electron chi connectivity index (χ2n) is 5.90. The van der Waals surface area contributed by atoms with Crippen LogP contribution in [0.3, 0.4) is 0 Å². The Kier molecular flexibility index (Phi) is 4.76. The van der Waals surface area contributed by atoms with E-state index in [1.807, 2.05) is 61.5 Å². The number of benzene rings is 3. The van der Waals surface area contributed by atoms with Crippen LogP contribution in [0.2, 0.25) is 0 Å². The molecule has 25 heavy (non-hydrogen) atoms. The first-order valence-corrected chi connectivity index (χ1v) is 9.40. The maximum Gasteiger partial charge on any atom is 0.264 e. The summed E-state index contributed by atoms with van der Waals surface area (Å²) in [6.07, 6.45) is 0. The molecule has 3 rings (SSSR count). The number of rotatable bonds is 5. The summed E-state index contributed by atoms with van der Waals surface area (Å²) >= 11 is 0. The quantitative estimate of drug-likeness (QED) is 0.707. The largest absolute Gasteiger partial charge is 0.399 e. The summed E-state index contributed by atoms with van der Waals surface area (Å²) in [5, 5.41) is 0. The molecule has 0 aliphatic heterocycles. The fraction of sp³-hybridized carbons (Fsp3) is 0.100. The summed E-state index contributed by atoms with van der Waals surface area (Å²) in [5.74, 6) is 0. The number of anilines is 2. The van der Waals surface area contributed by atoms with Crippen molar-refractivity contribution in [1.29, 1.82) is 0 Å². The molecular formula is C20H20N2O2S. The molecule has 0 aliphatic carbocycles. The van der Waals surface area contributed by atoms with Crippen LogP contribution in [0.15, 0.2) is 83.8 Å². The minimum atomic E-state index is -3.70. The van der Waals surface area contributed by atoms with Gasteiger partial charge in [-0.3, -0.25) is 4.31 Å². The van der Waals surface area contributed by atoms with Gasteiger partial charge in [-0.1, -0.05) is 48.0 Å². The molecule has 0 aliphatic rings.